The van der Waals surface area contributed by atoms with Crippen LogP contribution in [-0.4, -0.2) is 180 Å². The summed E-state index contributed by atoms with van der Waals surface area (Å²) in [4.78, 5) is 31.6. The molecule has 3 aromatic heterocycles. The van der Waals surface area contributed by atoms with Crippen molar-refractivity contribution in [1.29, 1.82) is 0 Å². The molecule has 0 saturated carbocycles. The van der Waals surface area contributed by atoms with Crippen molar-refractivity contribution in [3.8, 4) is 0 Å². The van der Waals surface area contributed by atoms with E-state index in [0.717, 1.165) is 140 Å². The topological polar surface area (TPSA) is 137 Å². The zero-order valence-corrected chi connectivity index (χ0v) is 48.7. The molecule has 0 amide bonds. The first-order valence-electron chi connectivity index (χ1n) is 29.2. The van der Waals surface area contributed by atoms with Crippen LogP contribution in [0.15, 0.2) is 158 Å². The Balaban J connectivity index is 0.000000162. The van der Waals surface area contributed by atoms with Crippen LogP contribution in [0.5, 0.6) is 0 Å². The molecule has 17 heteroatoms. The van der Waals surface area contributed by atoms with E-state index in [-0.39, 0.29) is 37.2 Å². The van der Waals surface area contributed by atoms with E-state index in [1.807, 2.05) is 33.6 Å². The highest BCUT2D eigenvalue weighted by atomic mass is 19.1. The van der Waals surface area contributed by atoms with Crippen LogP contribution in [0, 0.1) is 19.7 Å². The number of Topliss-reactive ketones (excluding diaryl/α,β-unsaturated/α-hetero) is 1. The summed E-state index contributed by atoms with van der Waals surface area (Å²) in [7, 11) is 6.48. The van der Waals surface area contributed by atoms with Crippen molar-refractivity contribution < 1.29 is 9.18 Å². The number of hydrogen-bond donors (Lipinski definition) is 0. The number of halogens is 1. The van der Waals surface area contributed by atoms with Gasteiger partial charge in [-0.05, 0) is 133 Å². The minimum Gasteiger partial charge on any atom is -0.304 e. The van der Waals surface area contributed by atoms with Crippen molar-refractivity contribution in [2.24, 2.45) is 0 Å². The molecule has 438 valence electrons. The van der Waals surface area contributed by atoms with E-state index in [4.69, 9.17) is 0 Å². The Kier molecular flexibility index (Phi) is 23.4. The van der Waals surface area contributed by atoms with E-state index < -0.39 is 0 Å². The maximum absolute atomic E-state index is 13.0. The molecular weight excluding hydrogens is 1040 g/mol. The second kappa shape index (κ2) is 31.4. The molecule has 3 saturated heterocycles. The number of likely N-dealkylation sites (N-methyl/N-ethyl adjacent to an activating group) is 3. The van der Waals surface area contributed by atoms with E-state index in [1.54, 1.807) is 24.5 Å². The molecule has 83 heavy (non-hydrogen) atoms. The second-order valence-electron chi connectivity index (χ2n) is 22.3. The molecule has 0 radical (unpaired) electrons. The summed E-state index contributed by atoms with van der Waals surface area (Å²) in [6.45, 7) is 17.8. The maximum atomic E-state index is 13.0. The Morgan fingerprint density at radius 3 is 1.33 bits per heavy atom. The van der Waals surface area contributed by atoms with Crippen molar-refractivity contribution in [1.82, 2.24) is 74.8 Å². The fourth-order valence-corrected chi connectivity index (χ4v) is 11.1. The molecule has 3 aliphatic rings. The third kappa shape index (κ3) is 17.9. The number of aryl methyl sites for hydroxylation is 7. The normalized spacial score (nSPS) is 16.8. The maximum Gasteiger partial charge on any atom is 0.173 e. The van der Waals surface area contributed by atoms with Crippen LogP contribution < -0.4 is 0 Å². The molecule has 11 rings (SSSR count). The van der Waals surface area contributed by atoms with Gasteiger partial charge < -0.3 is 14.7 Å². The lowest BCUT2D eigenvalue weighted by atomic mass is 9.97. The lowest BCUT2D eigenvalue weighted by Gasteiger charge is -2.37. The minimum absolute atomic E-state index is 0. The van der Waals surface area contributed by atoms with Gasteiger partial charge in [-0.3, -0.25) is 24.5 Å². The van der Waals surface area contributed by atoms with Gasteiger partial charge in [0.2, 0.25) is 0 Å². The van der Waals surface area contributed by atoms with E-state index in [9.17, 15) is 9.18 Å². The molecular formula is C66H86FN15O. The highest BCUT2D eigenvalue weighted by Gasteiger charge is 2.32. The number of aromatic nitrogens is 9. The molecule has 0 spiro atoms. The third-order valence-electron chi connectivity index (χ3n) is 16.1. The molecule has 3 unspecified atom stereocenters. The van der Waals surface area contributed by atoms with Gasteiger partial charge in [-0.15, -0.1) is 10.2 Å². The number of hydrogen-bond acceptors (Lipinski definition) is 14. The predicted molar refractivity (Wildman–Crippen MR) is 327 cm³/mol. The smallest absolute Gasteiger partial charge is 0.173 e. The van der Waals surface area contributed by atoms with Crippen LogP contribution >= 0.6 is 0 Å². The van der Waals surface area contributed by atoms with Crippen LogP contribution in [0.25, 0.3) is 0 Å². The molecule has 0 aliphatic carbocycles. The predicted octanol–water partition coefficient (Wildman–Crippen LogP) is 8.86. The van der Waals surface area contributed by atoms with Gasteiger partial charge in [-0.2, -0.15) is 0 Å². The van der Waals surface area contributed by atoms with Crippen molar-refractivity contribution in [2.45, 2.75) is 84.6 Å². The zero-order chi connectivity index (χ0) is 57.0. The van der Waals surface area contributed by atoms with E-state index in [2.05, 4.69) is 197 Å². The molecule has 0 N–H and O–H groups in total. The zero-order valence-electron chi connectivity index (χ0n) is 48.7. The summed E-state index contributed by atoms with van der Waals surface area (Å²) in [6, 6.07) is 49.0. The number of pyridine rings is 1. The van der Waals surface area contributed by atoms with Crippen LogP contribution in [0.3, 0.4) is 0 Å². The number of nitrogens with zero attached hydrogens (tertiary/aromatic N) is 15. The minimum atomic E-state index is -0.225. The summed E-state index contributed by atoms with van der Waals surface area (Å²) in [5.41, 5.74) is 9.69. The summed E-state index contributed by atoms with van der Waals surface area (Å²) in [6.07, 6.45) is 7.46. The van der Waals surface area contributed by atoms with Crippen molar-refractivity contribution >= 4 is 5.78 Å². The average molecular weight is 1120 g/mol. The lowest BCUT2D eigenvalue weighted by Crippen LogP contribution is -2.47. The first-order chi connectivity index (χ1) is 40.0. The highest BCUT2D eigenvalue weighted by molar-refractivity contribution is 5.85. The summed E-state index contributed by atoms with van der Waals surface area (Å²) in [5, 5.41) is 25.7. The number of tetrazole rings is 2. The Bertz CT molecular complexity index is 2950. The molecule has 0 bridgehead atoms. The van der Waals surface area contributed by atoms with Crippen LogP contribution in [-0.2, 0) is 37.1 Å². The van der Waals surface area contributed by atoms with Gasteiger partial charge in [0.15, 0.2) is 17.4 Å². The van der Waals surface area contributed by atoms with Crippen molar-refractivity contribution in [3.05, 3.63) is 220 Å². The van der Waals surface area contributed by atoms with Crippen LogP contribution in [0.1, 0.15) is 94.6 Å². The molecule has 8 aromatic rings. The van der Waals surface area contributed by atoms with Gasteiger partial charge in [0, 0.05) is 110 Å². The van der Waals surface area contributed by atoms with Gasteiger partial charge in [-0.1, -0.05) is 146 Å². The SMILES string of the molecule is C.CN1CCN(C(C(=O)CCCc2ccc(F)cc2)c2cccnc2)CC1.Cc1ccc(C(c2nnnn2CCc2ccccc2)N2CCN(C)CC2)cc1.Cc1ccc(C(c2nnnn2CCc2ccccc2)N2CCN(C)CC2)cc1. The van der Waals surface area contributed by atoms with Gasteiger partial charge in [0.1, 0.15) is 5.82 Å². The monoisotopic (exact) mass is 1120 g/mol. The molecule has 16 nitrogen and oxygen atoms in total. The fraction of sp³-hybridized carbons (Fsp3) is 0.424. The Hall–Kier alpha value is -7.25. The standard InChI is InChI=1S/2C22H28N6.C21H26FN3O.CH4/c2*1-18-8-10-20(11-9-18)21(27-16-14-26(2)15-17-27)22-23-24-25-28(22)13-12-19-6-4-3-5-7-19;1-24-12-14-25(15-13-24)21(18-5-3-11-23-16-18)20(26)6-2-4-17-7-9-19(22)10-8-17;/h2*3-11,21H,12-17H2,1-2H3;3,5,7-11,16,21H,2,4,6,12-15H2,1H3;1H4. The van der Waals surface area contributed by atoms with Crippen LogP contribution in [0.2, 0.25) is 0 Å². The molecule has 3 aliphatic heterocycles. The van der Waals surface area contributed by atoms with Crippen molar-refractivity contribution in [3.63, 3.8) is 0 Å². The Morgan fingerprint density at radius 2 is 0.904 bits per heavy atom. The number of piperazine rings is 3. The van der Waals surface area contributed by atoms with Gasteiger partial charge in [0.25, 0.3) is 0 Å². The number of ketones is 1. The summed E-state index contributed by atoms with van der Waals surface area (Å²) >= 11 is 0. The summed E-state index contributed by atoms with van der Waals surface area (Å²) in [5.74, 6) is 1.88. The number of rotatable bonds is 19. The number of carbonyl (C=O) groups is 1. The molecule has 3 atom stereocenters. The second-order valence-corrected chi connectivity index (χ2v) is 22.3. The van der Waals surface area contributed by atoms with Gasteiger partial charge >= 0.3 is 0 Å². The summed E-state index contributed by atoms with van der Waals surface area (Å²) < 4.78 is 17.0. The average Bonchev–Trinajstić information content (AvgIpc) is 4.23. The Labute approximate surface area is 491 Å². The highest BCUT2D eigenvalue weighted by Crippen LogP contribution is 2.31. The van der Waals surface area contributed by atoms with Gasteiger partial charge in [0.05, 0.1) is 18.1 Å². The first kappa shape index (κ1) is 61.8. The third-order valence-corrected chi connectivity index (χ3v) is 16.1. The number of carbonyl (C=O) groups excluding carboxylic acids is 1. The van der Waals surface area contributed by atoms with E-state index in [0.29, 0.717) is 6.42 Å². The van der Waals surface area contributed by atoms with Crippen LogP contribution in [0.4, 0.5) is 4.39 Å². The van der Waals surface area contributed by atoms with E-state index >= 15 is 0 Å². The number of benzene rings is 5. The largest absolute Gasteiger partial charge is 0.304 e. The van der Waals surface area contributed by atoms with Crippen molar-refractivity contribution in [2.75, 3.05) is 99.7 Å². The first-order valence-corrected chi connectivity index (χ1v) is 29.2. The van der Waals surface area contributed by atoms with Gasteiger partial charge in [-0.25, -0.2) is 13.8 Å². The molecule has 3 fully saturated rings. The lowest BCUT2D eigenvalue weighted by molar-refractivity contribution is -0.125. The van der Waals surface area contributed by atoms with E-state index in [1.165, 1.54) is 45.5 Å². The molecule has 5 aromatic carbocycles. The fourth-order valence-electron chi connectivity index (χ4n) is 11.1. The quantitative estimate of drug-likeness (QED) is 0.0763. The molecule has 6 heterocycles. The Morgan fingerprint density at radius 1 is 0.482 bits per heavy atom.